The van der Waals surface area contributed by atoms with Crippen LogP contribution in [0.5, 0.6) is 0 Å². The van der Waals surface area contributed by atoms with Gasteiger partial charge < -0.3 is 9.80 Å². The highest BCUT2D eigenvalue weighted by atomic mass is 15.2. The van der Waals surface area contributed by atoms with E-state index in [-0.39, 0.29) is 10.8 Å². The fourth-order valence-electron chi connectivity index (χ4n) is 6.94. The molecule has 0 saturated carbocycles. The van der Waals surface area contributed by atoms with Crippen molar-refractivity contribution in [1.29, 1.82) is 0 Å². The van der Waals surface area contributed by atoms with Gasteiger partial charge in [0.2, 0.25) is 0 Å². The third-order valence-electron chi connectivity index (χ3n) is 9.74. The van der Waals surface area contributed by atoms with Crippen molar-refractivity contribution in [3.63, 3.8) is 0 Å². The number of nitrogens with zero attached hydrogens (tertiary/aromatic N) is 2. The summed E-state index contributed by atoms with van der Waals surface area (Å²) in [4.78, 5) is 4.83. The fraction of sp³-hybridized carbons (Fsp3) is 0.163. The van der Waals surface area contributed by atoms with Crippen LogP contribution in [0.2, 0.25) is 0 Å². The summed E-state index contributed by atoms with van der Waals surface area (Å²) in [6, 6.07) is 44.3. The van der Waals surface area contributed by atoms with E-state index in [0.717, 1.165) is 12.1 Å². The average molecular weight is 585 g/mol. The van der Waals surface area contributed by atoms with Crippen LogP contribution in [0, 0.1) is 0 Å². The van der Waals surface area contributed by atoms with E-state index in [1.807, 2.05) is 0 Å². The Balaban J connectivity index is 1.41. The minimum atomic E-state index is -0.281. The van der Waals surface area contributed by atoms with Gasteiger partial charge in [0.05, 0.1) is 11.4 Å². The van der Waals surface area contributed by atoms with Crippen molar-refractivity contribution < 1.29 is 0 Å². The van der Waals surface area contributed by atoms with Gasteiger partial charge in [-0.2, -0.15) is 0 Å². The molecule has 2 nitrogen and oxygen atoms in total. The Morgan fingerprint density at radius 3 is 1.78 bits per heavy atom. The first kappa shape index (κ1) is 28.7. The number of allylic oxidation sites excluding steroid dienone is 4. The molecular weight excluding hydrogens is 544 g/mol. The SMILES string of the molecule is C=C1/C=C\C=C/CN(c2ccccc2)c2ccc(-c3ccc4c(c3)C(C)(C)c3ccccc3N4c3ccccc3)cc2C1(C)C. The highest BCUT2D eigenvalue weighted by molar-refractivity contribution is 5.88. The number of anilines is 5. The van der Waals surface area contributed by atoms with Crippen LogP contribution in [0.25, 0.3) is 11.1 Å². The van der Waals surface area contributed by atoms with Gasteiger partial charge in [-0.05, 0) is 88.0 Å². The Labute approximate surface area is 268 Å². The van der Waals surface area contributed by atoms with Crippen molar-refractivity contribution in [2.45, 2.75) is 38.5 Å². The summed E-state index contributed by atoms with van der Waals surface area (Å²) in [6.45, 7) is 14.6. The molecule has 0 radical (unpaired) electrons. The summed E-state index contributed by atoms with van der Waals surface area (Å²) in [7, 11) is 0. The van der Waals surface area contributed by atoms with Crippen molar-refractivity contribution in [3.05, 3.63) is 174 Å². The van der Waals surface area contributed by atoms with E-state index >= 15 is 0 Å². The molecule has 0 saturated heterocycles. The van der Waals surface area contributed by atoms with Gasteiger partial charge in [-0.25, -0.2) is 0 Å². The molecule has 2 aliphatic rings. The second kappa shape index (κ2) is 11.1. The molecule has 0 aromatic heterocycles. The topological polar surface area (TPSA) is 6.48 Å². The van der Waals surface area contributed by atoms with Crippen molar-refractivity contribution in [2.75, 3.05) is 16.3 Å². The van der Waals surface area contributed by atoms with Crippen LogP contribution < -0.4 is 9.80 Å². The monoisotopic (exact) mass is 584 g/mol. The summed E-state index contributed by atoms with van der Waals surface area (Å²) in [5.74, 6) is 0. The number of fused-ring (bicyclic) bond motifs is 3. The van der Waals surface area contributed by atoms with Gasteiger partial charge in [-0.15, -0.1) is 0 Å². The second-order valence-electron chi connectivity index (χ2n) is 13.2. The van der Waals surface area contributed by atoms with E-state index in [9.17, 15) is 0 Å². The molecule has 0 amide bonds. The van der Waals surface area contributed by atoms with Gasteiger partial charge in [0, 0.05) is 34.4 Å². The maximum atomic E-state index is 4.53. The van der Waals surface area contributed by atoms with Gasteiger partial charge in [-0.1, -0.05) is 125 Å². The molecule has 5 aromatic rings. The molecule has 222 valence electrons. The van der Waals surface area contributed by atoms with Crippen molar-refractivity contribution >= 4 is 28.4 Å². The van der Waals surface area contributed by atoms with Crippen LogP contribution in [0.15, 0.2) is 158 Å². The van der Waals surface area contributed by atoms with E-state index in [0.29, 0.717) is 0 Å². The molecule has 0 atom stereocenters. The molecule has 0 fully saturated rings. The van der Waals surface area contributed by atoms with Crippen LogP contribution in [-0.4, -0.2) is 6.54 Å². The largest absolute Gasteiger partial charge is 0.337 e. The maximum absolute atomic E-state index is 4.53. The van der Waals surface area contributed by atoms with Gasteiger partial charge in [0.25, 0.3) is 0 Å². The highest BCUT2D eigenvalue weighted by Gasteiger charge is 2.37. The molecule has 0 N–H and O–H groups in total. The Hall–Kier alpha value is -5.08. The van der Waals surface area contributed by atoms with Crippen LogP contribution in [-0.2, 0) is 10.8 Å². The van der Waals surface area contributed by atoms with Gasteiger partial charge >= 0.3 is 0 Å². The molecule has 2 heterocycles. The Morgan fingerprint density at radius 2 is 1.09 bits per heavy atom. The molecule has 0 bridgehead atoms. The molecule has 0 unspecified atom stereocenters. The first-order valence-corrected chi connectivity index (χ1v) is 15.9. The van der Waals surface area contributed by atoms with E-state index in [1.54, 1.807) is 0 Å². The number of benzene rings is 5. The van der Waals surface area contributed by atoms with Crippen molar-refractivity contribution in [1.82, 2.24) is 0 Å². The number of para-hydroxylation sites is 3. The van der Waals surface area contributed by atoms with Crippen LogP contribution in [0.3, 0.4) is 0 Å². The summed E-state index contributed by atoms with van der Waals surface area (Å²) >= 11 is 0. The lowest BCUT2D eigenvalue weighted by Crippen LogP contribution is -2.30. The number of hydrogen-bond donors (Lipinski definition) is 0. The standard InChI is InChI=1S/C43H40N2/c1-31-17-9-8-16-28-44(34-18-10-6-11-19-34)39-26-24-32(29-37(39)42(31,2)3)33-25-27-41-38(30-33)43(4,5)36-22-14-15-23-40(36)45(41)35-20-12-7-13-21-35/h6-27,29-30H,1,28H2,2-5H3/b16-8-,17-9-. The lowest BCUT2D eigenvalue weighted by Gasteiger charge is -2.42. The van der Waals surface area contributed by atoms with Gasteiger partial charge in [-0.3, -0.25) is 0 Å². The van der Waals surface area contributed by atoms with E-state index in [1.165, 1.54) is 56.3 Å². The van der Waals surface area contributed by atoms with Gasteiger partial charge in [0.15, 0.2) is 0 Å². The molecule has 0 spiro atoms. The number of rotatable bonds is 3. The first-order valence-electron chi connectivity index (χ1n) is 15.9. The lowest BCUT2D eigenvalue weighted by molar-refractivity contribution is 0.632. The van der Waals surface area contributed by atoms with Crippen LogP contribution >= 0.6 is 0 Å². The Kier molecular flexibility index (Phi) is 7.09. The summed E-state index contributed by atoms with van der Waals surface area (Å²) < 4.78 is 0. The zero-order valence-electron chi connectivity index (χ0n) is 26.7. The highest BCUT2D eigenvalue weighted by Crippen LogP contribution is 2.53. The molecule has 7 rings (SSSR count). The molecule has 2 aliphatic heterocycles. The molecule has 45 heavy (non-hydrogen) atoms. The lowest BCUT2D eigenvalue weighted by atomic mass is 9.72. The predicted octanol–water partition coefficient (Wildman–Crippen LogP) is 11.6. The average Bonchev–Trinajstić information content (AvgIpc) is 3.07. The normalized spacial score (nSPS) is 17.9. The third-order valence-corrected chi connectivity index (χ3v) is 9.74. The van der Waals surface area contributed by atoms with E-state index in [4.69, 9.17) is 0 Å². The zero-order chi connectivity index (χ0) is 31.2. The number of hydrogen-bond acceptors (Lipinski definition) is 2. The minimum absolute atomic E-state index is 0.165. The molecule has 5 aromatic carbocycles. The van der Waals surface area contributed by atoms with Crippen molar-refractivity contribution in [2.24, 2.45) is 0 Å². The predicted molar refractivity (Wildman–Crippen MR) is 193 cm³/mol. The van der Waals surface area contributed by atoms with E-state index in [2.05, 4.69) is 190 Å². The van der Waals surface area contributed by atoms with Crippen LogP contribution in [0.1, 0.15) is 44.4 Å². The fourth-order valence-corrected chi connectivity index (χ4v) is 6.94. The summed E-state index contributed by atoms with van der Waals surface area (Å²) in [5, 5.41) is 0. The van der Waals surface area contributed by atoms with Gasteiger partial charge in [0.1, 0.15) is 0 Å². The smallest absolute Gasteiger partial charge is 0.0503 e. The van der Waals surface area contributed by atoms with Crippen molar-refractivity contribution in [3.8, 4) is 11.1 Å². The molecule has 0 aliphatic carbocycles. The molecule has 2 heteroatoms. The Bertz CT molecular complexity index is 1940. The maximum Gasteiger partial charge on any atom is 0.0503 e. The van der Waals surface area contributed by atoms with E-state index < -0.39 is 0 Å². The quantitative estimate of drug-likeness (QED) is 0.208. The van der Waals surface area contributed by atoms with Crippen LogP contribution in [0.4, 0.5) is 28.4 Å². The summed E-state index contributed by atoms with van der Waals surface area (Å²) in [6.07, 6.45) is 8.61. The zero-order valence-corrected chi connectivity index (χ0v) is 26.7. The minimum Gasteiger partial charge on any atom is -0.337 e. The summed E-state index contributed by atoms with van der Waals surface area (Å²) in [5.41, 5.74) is 13.0. The second-order valence-corrected chi connectivity index (χ2v) is 13.2. The molecular formula is C43H40N2. The third kappa shape index (κ3) is 4.91. The first-order chi connectivity index (χ1) is 21.8. The Morgan fingerprint density at radius 1 is 0.533 bits per heavy atom.